The number of benzene rings is 1. The molecule has 0 saturated carbocycles. The van der Waals surface area contributed by atoms with E-state index >= 15 is 0 Å². The largest absolute Gasteiger partial charge is 0.504 e. The zero-order valence-corrected chi connectivity index (χ0v) is 14.8. The van der Waals surface area contributed by atoms with Crippen LogP contribution in [-0.2, 0) is 14.3 Å². The standard InChI is InChI=1S/C16H13BrF2N2O4/c1-3-24-16(23)10-6(2)25-15(21)8(5-20)11(10)7-4-9(17)14(22)13(19)12(7)18/h4,11,22H,3,21H2,1-2H3. The summed E-state index contributed by atoms with van der Waals surface area (Å²) in [5.41, 5.74) is 4.85. The first-order chi connectivity index (χ1) is 11.7. The molecule has 0 radical (unpaired) electrons. The van der Waals surface area contributed by atoms with Gasteiger partial charge in [0.25, 0.3) is 0 Å². The van der Waals surface area contributed by atoms with Crippen molar-refractivity contribution in [3.63, 3.8) is 0 Å². The molecular weight excluding hydrogens is 402 g/mol. The minimum absolute atomic E-state index is 0.00366. The molecule has 132 valence electrons. The zero-order valence-electron chi connectivity index (χ0n) is 13.2. The van der Waals surface area contributed by atoms with Crippen LogP contribution in [-0.4, -0.2) is 17.7 Å². The van der Waals surface area contributed by atoms with Crippen LogP contribution in [0.1, 0.15) is 25.3 Å². The number of hydrogen-bond donors (Lipinski definition) is 2. The number of hydrogen-bond acceptors (Lipinski definition) is 6. The van der Waals surface area contributed by atoms with Gasteiger partial charge in [-0.2, -0.15) is 9.65 Å². The maximum atomic E-state index is 14.5. The first-order valence-corrected chi connectivity index (χ1v) is 7.85. The fraction of sp³-hybridized carbons (Fsp3) is 0.250. The molecule has 0 aliphatic carbocycles. The first-order valence-electron chi connectivity index (χ1n) is 7.06. The Hall–Kier alpha value is -2.60. The van der Waals surface area contributed by atoms with Gasteiger partial charge >= 0.3 is 5.97 Å². The third-order valence-electron chi connectivity index (χ3n) is 3.57. The molecule has 0 bridgehead atoms. The van der Waals surface area contributed by atoms with Crippen molar-refractivity contribution in [3.05, 3.63) is 50.5 Å². The Morgan fingerprint density at radius 3 is 2.72 bits per heavy atom. The van der Waals surface area contributed by atoms with Crippen LogP contribution in [0.2, 0.25) is 0 Å². The summed E-state index contributed by atoms with van der Waals surface area (Å²) in [5, 5.41) is 18.9. The second kappa shape index (κ2) is 7.11. The number of nitrogens with zero attached hydrogens (tertiary/aromatic N) is 1. The SMILES string of the molecule is CCOC(=O)C1=C(C)OC(N)=C(C#N)C1c1cc(Br)c(O)c(F)c1F. The highest BCUT2D eigenvalue weighted by molar-refractivity contribution is 9.10. The zero-order chi connectivity index (χ0) is 18.9. The van der Waals surface area contributed by atoms with Crippen molar-refractivity contribution in [2.75, 3.05) is 6.61 Å². The number of allylic oxidation sites excluding steroid dienone is 2. The van der Waals surface area contributed by atoms with Gasteiger partial charge in [0.05, 0.1) is 22.6 Å². The lowest BCUT2D eigenvalue weighted by atomic mass is 9.82. The molecule has 25 heavy (non-hydrogen) atoms. The van der Waals surface area contributed by atoms with Crippen LogP contribution >= 0.6 is 15.9 Å². The van der Waals surface area contributed by atoms with Crippen molar-refractivity contribution in [3.8, 4) is 11.8 Å². The van der Waals surface area contributed by atoms with E-state index in [2.05, 4.69) is 15.9 Å². The molecule has 0 spiro atoms. The van der Waals surface area contributed by atoms with Crippen LogP contribution in [0.5, 0.6) is 5.75 Å². The van der Waals surface area contributed by atoms with Gasteiger partial charge in [0.15, 0.2) is 11.6 Å². The third kappa shape index (κ3) is 3.17. The van der Waals surface area contributed by atoms with Gasteiger partial charge in [-0.1, -0.05) is 0 Å². The molecule has 2 rings (SSSR count). The van der Waals surface area contributed by atoms with Gasteiger partial charge in [0.2, 0.25) is 11.7 Å². The van der Waals surface area contributed by atoms with Crippen LogP contribution < -0.4 is 5.73 Å². The molecule has 3 N–H and O–H groups in total. The van der Waals surface area contributed by atoms with E-state index in [4.69, 9.17) is 15.2 Å². The van der Waals surface area contributed by atoms with Crippen LogP contribution in [0.4, 0.5) is 8.78 Å². The van der Waals surface area contributed by atoms with Gasteiger partial charge in [-0.05, 0) is 35.8 Å². The predicted molar refractivity (Wildman–Crippen MR) is 85.7 cm³/mol. The molecule has 0 saturated heterocycles. The van der Waals surface area contributed by atoms with Gasteiger partial charge in [-0.15, -0.1) is 0 Å². The Bertz CT molecular complexity index is 859. The fourth-order valence-corrected chi connectivity index (χ4v) is 2.90. The number of phenolic OH excluding ortho intramolecular Hbond substituents is 1. The lowest BCUT2D eigenvalue weighted by Crippen LogP contribution is -2.26. The minimum Gasteiger partial charge on any atom is -0.504 e. The highest BCUT2D eigenvalue weighted by atomic mass is 79.9. The Morgan fingerprint density at radius 2 is 2.16 bits per heavy atom. The Balaban J connectivity index is 2.78. The van der Waals surface area contributed by atoms with Gasteiger partial charge in [-0.3, -0.25) is 0 Å². The van der Waals surface area contributed by atoms with Crippen LogP contribution in [0.15, 0.2) is 33.3 Å². The summed E-state index contributed by atoms with van der Waals surface area (Å²) >= 11 is 2.91. The van der Waals surface area contributed by atoms with E-state index in [1.165, 1.54) is 6.92 Å². The van der Waals surface area contributed by atoms with Crippen LogP contribution in [0.25, 0.3) is 0 Å². The van der Waals surface area contributed by atoms with E-state index in [0.29, 0.717) is 0 Å². The molecule has 1 aromatic rings. The Kier molecular flexibility index (Phi) is 5.33. The molecule has 1 aliphatic rings. The summed E-state index contributed by atoms with van der Waals surface area (Å²) < 4.78 is 38.4. The number of rotatable bonds is 3. The van der Waals surface area contributed by atoms with E-state index in [0.717, 1.165) is 6.07 Å². The average Bonchev–Trinajstić information content (AvgIpc) is 2.55. The topological polar surface area (TPSA) is 106 Å². The minimum atomic E-state index is -1.52. The van der Waals surface area contributed by atoms with Crippen molar-refractivity contribution in [2.24, 2.45) is 5.73 Å². The monoisotopic (exact) mass is 414 g/mol. The highest BCUT2D eigenvalue weighted by Crippen LogP contribution is 2.43. The third-order valence-corrected chi connectivity index (χ3v) is 4.18. The summed E-state index contributed by atoms with van der Waals surface area (Å²) in [6.07, 6.45) is 0. The predicted octanol–water partition coefficient (Wildman–Crippen LogP) is 3.08. The second-order valence-electron chi connectivity index (χ2n) is 5.04. The van der Waals surface area contributed by atoms with Crippen molar-refractivity contribution in [2.45, 2.75) is 19.8 Å². The number of esters is 1. The molecule has 1 aliphatic heterocycles. The van der Waals surface area contributed by atoms with E-state index < -0.39 is 29.3 Å². The number of aromatic hydroxyl groups is 1. The number of halogens is 3. The molecule has 1 heterocycles. The van der Waals surface area contributed by atoms with Crippen molar-refractivity contribution < 1.29 is 28.2 Å². The number of nitriles is 1. The second-order valence-corrected chi connectivity index (χ2v) is 5.89. The van der Waals surface area contributed by atoms with E-state index in [9.17, 15) is 23.9 Å². The number of carbonyl (C=O) groups is 1. The molecule has 6 nitrogen and oxygen atoms in total. The quantitative estimate of drug-likeness (QED) is 0.581. The van der Waals surface area contributed by atoms with E-state index in [-0.39, 0.29) is 39.4 Å². The Labute approximate surface area is 150 Å². The maximum Gasteiger partial charge on any atom is 0.338 e. The fourth-order valence-electron chi connectivity index (χ4n) is 2.48. The molecule has 1 aromatic carbocycles. The van der Waals surface area contributed by atoms with Gasteiger partial charge in [-0.25, -0.2) is 9.18 Å². The van der Waals surface area contributed by atoms with E-state index in [1.807, 2.05) is 0 Å². The van der Waals surface area contributed by atoms with Crippen molar-refractivity contribution >= 4 is 21.9 Å². The summed E-state index contributed by atoms with van der Waals surface area (Å²) in [5.74, 6) is -6.39. The lowest BCUT2D eigenvalue weighted by molar-refractivity contribution is -0.139. The van der Waals surface area contributed by atoms with Crippen LogP contribution in [0, 0.1) is 23.0 Å². The summed E-state index contributed by atoms with van der Waals surface area (Å²) in [7, 11) is 0. The van der Waals surface area contributed by atoms with Gasteiger partial charge < -0.3 is 20.3 Å². The Morgan fingerprint density at radius 1 is 1.52 bits per heavy atom. The number of nitrogens with two attached hydrogens (primary N) is 1. The molecule has 0 amide bonds. The number of ether oxygens (including phenoxy) is 2. The number of carbonyl (C=O) groups excluding carboxylic acids is 1. The lowest BCUT2D eigenvalue weighted by Gasteiger charge is -2.27. The molecule has 0 fully saturated rings. The molecular formula is C16H13BrF2N2O4. The summed E-state index contributed by atoms with van der Waals surface area (Å²) in [6, 6.07) is 2.82. The van der Waals surface area contributed by atoms with Gasteiger partial charge in [0.1, 0.15) is 17.4 Å². The number of phenols is 1. The molecule has 9 heteroatoms. The highest BCUT2D eigenvalue weighted by Gasteiger charge is 2.39. The normalized spacial score (nSPS) is 17.2. The van der Waals surface area contributed by atoms with E-state index in [1.54, 1.807) is 13.0 Å². The van der Waals surface area contributed by atoms with Gasteiger partial charge in [0, 0.05) is 5.56 Å². The smallest absolute Gasteiger partial charge is 0.338 e. The molecule has 1 unspecified atom stereocenters. The van der Waals surface area contributed by atoms with Crippen LogP contribution in [0.3, 0.4) is 0 Å². The molecule has 1 atom stereocenters. The molecule has 0 aromatic heterocycles. The average molecular weight is 415 g/mol. The summed E-state index contributed by atoms with van der Waals surface area (Å²) in [6.45, 7) is 2.99. The maximum absolute atomic E-state index is 14.5. The first kappa shape index (κ1) is 18.7. The summed E-state index contributed by atoms with van der Waals surface area (Å²) in [4.78, 5) is 12.3. The van der Waals surface area contributed by atoms with Crippen molar-refractivity contribution in [1.82, 2.24) is 0 Å². The van der Waals surface area contributed by atoms with Crippen molar-refractivity contribution in [1.29, 1.82) is 5.26 Å².